The summed E-state index contributed by atoms with van der Waals surface area (Å²) >= 11 is 0. The SMILES string of the molecule is CC(C)Oc1cccc(-c2ncn(N)c2N)c1. The van der Waals surface area contributed by atoms with Crippen molar-refractivity contribution in [3.63, 3.8) is 0 Å². The average Bonchev–Trinajstić information content (AvgIpc) is 2.59. The van der Waals surface area contributed by atoms with Crippen LogP contribution in [0.25, 0.3) is 11.3 Å². The van der Waals surface area contributed by atoms with E-state index in [1.165, 1.54) is 11.0 Å². The molecule has 0 bridgehead atoms. The average molecular weight is 232 g/mol. The topological polar surface area (TPSA) is 79.1 Å². The monoisotopic (exact) mass is 232 g/mol. The van der Waals surface area contributed by atoms with Gasteiger partial charge in [0.2, 0.25) is 0 Å². The Morgan fingerprint density at radius 1 is 1.35 bits per heavy atom. The maximum atomic E-state index is 5.82. The number of aromatic nitrogens is 2. The molecule has 0 saturated heterocycles. The smallest absolute Gasteiger partial charge is 0.150 e. The summed E-state index contributed by atoms with van der Waals surface area (Å²) in [5.74, 6) is 6.83. The molecule has 0 fully saturated rings. The van der Waals surface area contributed by atoms with Crippen molar-refractivity contribution in [2.75, 3.05) is 11.6 Å². The van der Waals surface area contributed by atoms with Crippen LogP contribution in [-0.2, 0) is 0 Å². The van der Waals surface area contributed by atoms with E-state index in [9.17, 15) is 0 Å². The molecular formula is C12H16N4O. The first-order valence-corrected chi connectivity index (χ1v) is 5.43. The molecule has 0 aliphatic heterocycles. The second kappa shape index (κ2) is 4.37. The molecule has 0 atom stereocenters. The van der Waals surface area contributed by atoms with Crippen LogP contribution in [0.4, 0.5) is 5.82 Å². The van der Waals surface area contributed by atoms with Crippen LogP contribution in [0.2, 0.25) is 0 Å². The molecule has 4 N–H and O–H groups in total. The third-order valence-corrected chi connectivity index (χ3v) is 2.31. The van der Waals surface area contributed by atoms with Crippen LogP contribution < -0.4 is 16.3 Å². The molecule has 0 spiro atoms. The molecule has 2 aromatic rings. The highest BCUT2D eigenvalue weighted by Gasteiger charge is 2.09. The summed E-state index contributed by atoms with van der Waals surface area (Å²) in [5.41, 5.74) is 7.38. The molecule has 5 nitrogen and oxygen atoms in total. The van der Waals surface area contributed by atoms with Gasteiger partial charge in [0, 0.05) is 5.56 Å². The van der Waals surface area contributed by atoms with Crippen molar-refractivity contribution in [3.8, 4) is 17.0 Å². The lowest BCUT2D eigenvalue weighted by atomic mass is 10.1. The largest absolute Gasteiger partial charge is 0.491 e. The minimum atomic E-state index is 0.134. The highest BCUT2D eigenvalue weighted by Crippen LogP contribution is 2.26. The van der Waals surface area contributed by atoms with E-state index in [-0.39, 0.29) is 6.10 Å². The minimum Gasteiger partial charge on any atom is -0.491 e. The number of rotatable bonds is 3. The lowest BCUT2D eigenvalue weighted by Crippen LogP contribution is -2.10. The number of anilines is 1. The standard InChI is InChI=1S/C12H16N4O/c1-8(2)17-10-5-3-4-9(6-10)11-12(13)16(14)7-15-11/h3-8H,13-14H2,1-2H3. The summed E-state index contributed by atoms with van der Waals surface area (Å²) < 4.78 is 6.91. The third kappa shape index (κ3) is 2.33. The van der Waals surface area contributed by atoms with Crippen molar-refractivity contribution < 1.29 is 4.74 Å². The molecule has 5 heteroatoms. The van der Waals surface area contributed by atoms with Gasteiger partial charge in [0.05, 0.1) is 6.10 Å². The fraction of sp³-hybridized carbons (Fsp3) is 0.250. The van der Waals surface area contributed by atoms with Gasteiger partial charge in [-0.1, -0.05) is 12.1 Å². The van der Waals surface area contributed by atoms with Gasteiger partial charge in [0.15, 0.2) is 0 Å². The summed E-state index contributed by atoms with van der Waals surface area (Å²) in [5, 5.41) is 0. The predicted octanol–water partition coefficient (Wildman–Crippen LogP) is 1.63. The Bertz CT molecular complexity index is 519. The van der Waals surface area contributed by atoms with Gasteiger partial charge in [-0.25, -0.2) is 9.66 Å². The van der Waals surface area contributed by atoms with Gasteiger partial charge in [0.25, 0.3) is 0 Å². The fourth-order valence-electron chi connectivity index (χ4n) is 1.58. The number of nitrogens with zero attached hydrogens (tertiary/aromatic N) is 2. The fourth-order valence-corrected chi connectivity index (χ4v) is 1.58. The maximum absolute atomic E-state index is 5.82. The van der Waals surface area contributed by atoms with Crippen LogP contribution in [0.5, 0.6) is 5.75 Å². The summed E-state index contributed by atoms with van der Waals surface area (Å²) in [6.07, 6.45) is 1.62. The van der Waals surface area contributed by atoms with Gasteiger partial charge in [-0.3, -0.25) is 0 Å². The van der Waals surface area contributed by atoms with E-state index >= 15 is 0 Å². The van der Waals surface area contributed by atoms with Crippen LogP contribution in [0.15, 0.2) is 30.6 Å². The van der Waals surface area contributed by atoms with E-state index in [4.69, 9.17) is 16.3 Å². The third-order valence-electron chi connectivity index (χ3n) is 2.31. The van der Waals surface area contributed by atoms with E-state index in [1.807, 2.05) is 38.1 Å². The van der Waals surface area contributed by atoms with Crippen molar-refractivity contribution in [2.24, 2.45) is 0 Å². The Balaban J connectivity index is 2.36. The zero-order valence-corrected chi connectivity index (χ0v) is 9.92. The molecular weight excluding hydrogens is 216 g/mol. The molecule has 0 unspecified atom stereocenters. The molecule has 2 rings (SSSR count). The zero-order valence-electron chi connectivity index (χ0n) is 9.92. The molecule has 1 aromatic carbocycles. The van der Waals surface area contributed by atoms with Crippen LogP contribution >= 0.6 is 0 Å². The van der Waals surface area contributed by atoms with E-state index in [0.717, 1.165) is 11.3 Å². The van der Waals surface area contributed by atoms with E-state index in [0.29, 0.717) is 11.5 Å². The summed E-state index contributed by atoms with van der Waals surface area (Å²) in [6.45, 7) is 3.96. The van der Waals surface area contributed by atoms with Crippen LogP contribution in [0.1, 0.15) is 13.8 Å². The second-order valence-corrected chi connectivity index (χ2v) is 4.08. The summed E-state index contributed by atoms with van der Waals surface area (Å²) in [6, 6.07) is 7.63. The second-order valence-electron chi connectivity index (χ2n) is 4.08. The lowest BCUT2D eigenvalue weighted by molar-refractivity contribution is 0.242. The van der Waals surface area contributed by atoms with Crippen LogP contribution in [0.3, 0.4) is 0 Å². The Kier molecular flexibility index (Phi) is 2.91. The number of nitrogen functional groups attached to an aromatic ring is 2. The van der Waals surface area contributed by atoms with Gasteiger partial charge < -0.3 is 16.3 Å². The number of nitrogens with two attached hydrogens (primary N) is 2. The molecule has 0 saturated carbocycles. The Hall–Kier alpha value is -2.17. The number of hydrogen-bond donors (Lipinski definition) is 2. The van der Waals surface area contributed by atoms with Gasteiger partial charge in [-0.05, 0) is 26.0 Å². The molecule has 0 aliphatic rings. The summed E-state index contributed by atoms with van der Waals surface area (Å²) in [7, 11) is 0. The Morgan fingerprint density at radius 3 is 2.71 bits per heavy atom. The first-order chi connectivity index (χ1) is 8.08. The molecule has 17 heavy (non-hydrogen) atoms. The van der Waals surface area contributed by atoms with Gasteiger partial charge in [0.1, 0.15) is 23.6 Å². The van der Waals surface area contributed by atoms with Crippen molar-refractivity contribution in [1.29, 1.82) is 0 Å². The normalized spacial score (nSPS) is 10.8. The molecule has 0 aliphatic carbocycles. The number of ether oxygens (including phenoxy) is 1. The molecule has 0 radical (unpaired) electrons. The van der Waals surface area contributed by atoms with Crippen molar-refractivity contribution in [3.05, 3.63) is 30.6 Å². The van der Waals surface area contributed by atoms with Gasteiger partial charge in [-0.2, -0.15) is 0 Å². The van der Waals surface area contributed by atoms with Crippen LogP contribution in [-0.4, -0.2) is 15.8 Å². The van der Waals surface area contributed by atoms with Crippen molar-refractivity contribution in [1.82, 2.24) is 9.66 Å². The Morgan fingerprint density at radius 2 is 2.12 bits per heavy atom. The molecule has 90 valence electrons. The maximum Gasteiger partial charge on any atom is 0.150 e. The van der Waals surface area contributed by atoms with Gasteiger partial charge in [-0.15, -0.1) is 0 Å². The molecule has 1 aromatic heterocycles. The zero-order chi connectivity index (χ0) is 12.4. The predicted molar refractivity (Wildman–Crippen MR) is 68.0 cm³/mol. The van der Waals surface area contributed by atoms with Gasteiger partial charge >= 0.3 is 0 Å². The van der Waals surface area contributed by atoms with Crippen molar-refractivity contribution in [2.45, 2.75) is 20.0 Å². The molecule has 0 amide bonds. The number of hydrogen-bond acceptors (Lipinski definition) is 4. The first kappa shape index (κ1) is 11.3. The minimum absolute atomic E-state index is 0.134. The van der Waals surface area contributed by atoms with E-state index in [2.05, 4.69) is 4.98 Å². The number of benzene rings is 1. The Labute approximate surface area is 100.0 Å². The van der Waals surface area contributed by atoms with Crippen LogP contribution in [0, 0.1) is 0 Å². The number of imidazole rings is 1. The summed E-state index contributed by atoms with van der Waals surface area (Å²) in [4.78, 5) is 4.16. The quantitative estimate of drug-likeness (QED) is 0.788. The molecule has 1 heterocycles. The van der Waals surface area contributed by atoms with E-state index < -0.39 is 0 Å². The highest BCUT2D eigenvalue weighted by atomic mass is 16.5. The van der Waals surface area contributed by atoms with Crippen molar-refractivity contribution >= 4 is 5.82 Å². The first-order valence-electron chi connectivity index (χ1n) is 5.43. The highest BCUT2D eigenvalue weighted by molar-refractivity contribution is 5.71. The van der Waals surface area contributed by atoms with E-state index in [1.54, 1.807) is 0 Å². The lowest BCUT2D eigenvalue weighted by Gasteiger charge is -2.10.